The van der Waals surface area contributed by atoms with Crippen molar-refractivity contribution in [2.45, 2.75) is 0 Å². The lowest BCUT2D eigenvalue weighted by molar-refractivity contribution is 0.129. The van der Waals surface area contributed by atoms with Crippen molar-refractivity contribution in [3.05, 3.63) is 12.8 Å². The molecule has 0 fully saturated rings. The first-order chi connectivity index (χ1) is 2.91. The number of hydrogen-bond donors (Lipinski definition) is 1. The molecule has 0 heterocycles. The van der Waals surface area contributed by atoms with Gasteiger partial charge >= 0.3 is 0 Å². The Hall–Kier alpha value is -0.900. The Labute approximate surface area is 35.2 Å². The molecule has 0 spiro atoms. The predicted octanol–water partition coefficient (Wildman–Crippen LogP) is 0.387. The summed E-state index contributed by atoms with van der Waals surface area (Å²) < 4.78 is 0. The molecule has 0 bridgehead atoms. The van der Waals surface area contributed by atoms with Gasteiger partial charge in [-0.15, -0.1) is 11.0 Å². The summed E-state index contributed by atoms with van der Waals surface area (Å²) in [4.78, 5) is 3.67. The summed E-state index contributed by atoms with van der Waals surface area (Å²) in [6.07, 6.45) is 1.22. The predicted molar refractivity (Wildman–Crippen MR) is 20.3 cm³/mol. The zero-order chi connectivity index (χ0) is 4.83. The van der Waals surface area contributed by atoms with Crippen molar-refractivity contribution in [2.75, 3.05) is 0 Å². The molecular formula is C2H5N3O. The summed E-state index contributed by atoms with van der Waals surface area (Å²) >= 11 is 0. The van der Waals surface area contributed by atoms with E-state index in [1.807, 2.05) is 0 Å². The third-order valence-electron chi connectivity index (χ3n) is 0.176. The Kier molecular flexibility index (Phi) is 3.48. The van der Waals surface area contributed by atoms with Crippen LogP contribution in [0.25, 0.3) is 0 Å². The van der Waals surface area contributed by atoms with Gasteiger partial charge in [0, 0.05) is 11.5 Å². The molecule has 34 valence electrons. The maximum Gasteiger partial charge on any atom is 0.0484 e. The van der Waals surface area contributed by atoms with Crippen LogP contribution in [0.15, 0.2) is 23.2 Å². The van der Waals surface area contributed by atoms with Crippen LogP contribution in [0.4, 0.5) is 0 Å². The molecule has 4 heteroatoms. The van der Waals surface area contributed by atoms with Crippen LogP contribution in [0.1, 0.15) is 0 Å². The lowest BCUT2D eigenvalue weighted by Gasteiger charge is -1.72. The first-order valence-electron chi connectivity index (χ1n) is 1.28. The van der Waals surface area contributed by atoms with E-state index in [-0.39, 0.29) is 0 Å². The monoisotopic (exact) mass is 87.0 g/mol. The van der Waals surface area contributed by atoms with E-state index in [1.165, 1.54) is 6.20 Å². The Balaban J connectivity index is 2.94. The molecule has 6 heavy (non-hydrogen) atoms. The molecule has 0 aromatic carbocycles. The van der Waals surface area contributed by atoms with Crippen LogP contribution in [-0.2, 0) is 4.94 Å². The quantitative estimate of drug-likeness (QED) is 0.391. The van der Waals surface area contributed by atoms with Crippen LogP contribution in [-0.4, -0.2) is 0 Å². The largest absolute Gasteiger partial charge is 0.282 e. The molecule has 0 radical (unpaired) electrons. The van der Waals surface area contributed by atoms with Crippen LogP contribution in [0.3, 0.4) is 0 Å². The lowest BCUT2D eigenvalue weighted by atomic mass is 11.1. The van der Waals surface area contributed by atoms with Crippen LogP contribution < -0.4 is 5.90 Å². The first-order valence-corrected chi connectivity index (χ1v) is 1.28. The van der Waals surface area contributed by atoms with Gasteiger partial charge in [-0.1, -0.05) is 6.58 Å². The zero-order valence-corrected chi connectivity index (χ0v) is 3.16. The highest BCUT2D eigenvalue weighted by molar-refractivity contribution is 4.54. The SMILES string of the molecule is C=C/N=N\ON. The van der Waals surface area contributed by atoms with E-state index in [1.54, 1.807) is 0 Å². The highest BCUT2D eigenvalue weighted by atomic mass is 16.8. The van der Waals surface area contributed by atoms with E-state index >= 15 is 0 Å². The molecule has 0 rings (SSSR count). The van der Waals surface area contributed by atoms with Crippen molar-refractivity contribution in [3.8, 4) is 0 Å². The highest BCUT2D eigenvalue weighted by Gasteiger charge is 1.52. The standard InChI is InChI=1S/C2H5N3O/c1-2-4-5-6-3/h2H,1,3H2/b5-4-. The van der Waals surface area contributed by atoms with Crippen molar-refractivity contribution in [1.82, 2.24) is 0 Å². The molecule has 0 aliphatic carbocycles. The van der Waals surface area contributed by atoms with Crippen molar-refractivity contribution in [2.24, 2.45) is 16.3 Å². The number of hydrogen-bond acceptors (Lipinski definition) is 4. The van der Waals surface area contributed by atoms with E-state index in [0.717, 1.165) is 0 Å². The number of nitrogens with zero attached hydrogens (tertiary/aromatic N) is 2. The fourth-order valence-electron chi connectivity index (χ4n) is 0.0605. The summed E-state index contributed by atoms with van der Waals surface area (Å²) in [6, 6.07) is 0. The molecule has 0 saturated carbocycles. The van der Waals surface area contributed by atoms with Gasteiger partial charge in [0.05, 0.1) is 0 Å². The van der Waals surface area contributed by atoms with E-state index in [4.69, 9.17) is 0 Å². The summed E-state index contributed by atoms with van der Waals surface area (Å²) in [5.41, 5.74) is 0. The van der Waals surface area contributed by atoms with Crippen molar-refractivity contribution >= 4 is 0 Å². The average molecular weight is 87.1 g/mol. The van der Waals surface area contributed by atoms with Gasteiger partial charge < -0.3 is 0 Å². The minimum absolute atomic E-state index is 1.22. The zero-order valence-electron chi connectivity index (χ0n) is 3.16. The minimum atomic E-state index is 1.22. The molecule has 0 aromatic heterocycles. The van der Waals surface area contributed by atoms with Crippen LogP contribution in [0.2, 0.25) is 0 Å². The third kappa shape index (κ3) is 3.10. The van der Waals surface area contributed by atoms with Gasteiger partial charge in [0.15, 0.2) is 0 Å². The van der Waals surface area contributed by atoms with Crippen LogP contribution in [0.5, 0.6) is 0 Å². The van der Waals surface area contributed by atoms with Gasteiger partial charge in [0.1, 0.15) is 0 Å². The highest BCUT2D eigenvalue weighted by Crippen LogP contribution is 1.68. The first kappa shape index (κ1) is 5.10. The van der Waals surface area contributed by atoms with Gasteiger partial charge in [0.25, 0.3) is 0 Å². The molecule has 0 aliphatic rings. The molecule has 2 N–H and O–H groups in total. The fourth-order valence-corrected chi connectivity index (χ4v) is 0.0605. The summed E-state index contributed by atoms with van der Waals surface area (Å²) in [7, 11) is 0. The van der Waals surface area contributed by atoms with E-state index in [2.05, 4.69) is 27.8 Å². The lowest BCUT2D eigenvalue weighted by Crippen LogP contribution is -1.85. The van der Waals surface area contributed by atoms with Gasteiger partial charge in [0.2, 0.25) is 0 Å². The second kappa shape index (κ2) is 4.10. The Bertz CT molecular complexity index is 59.8. The van der Waals surface area contributed by atoms with E-state index < -0.39 is 0 Å². The van der Waals surface area contributed by atoms with Crippen LogP contribution in [0, 0.1) is 0 Å². The Morgan fingerprint density at radius 3 is 2.67 bits per heavy atom. The fraction of sp³-hybridized carbons (Fsp3) is 0. The van der Waals surface area contributed by atoms with Crippen molar-refractivity contribution in [3.63, 3.8) is 0 Å². The smallest absolute Gasteiger partial charge is 0.0484 e. The molecule has 0 aromatic rings. The molecule has 0 atom stereocenters. The summed E-state index contributed by atoms with van der Waals surface area (Å²) in [6.45, 7) is 3.20. The van der Waals surface area contributed by atoms with Gasteiger partial charge in [-0.25, -0.2) is 0 Å². The Morgan fingerprint density at radius 1 is 1.83 bits per heavy atom. The Morgan fingerprint density at radius 2 is 2.50 bits per heavy atom. The molecular weight excluding hydrogens is 82.0 g/mol. The van der Waals surface area contributed by atoms with Crippen molar-refractivity contribution < 1.29 is 4.94 Å². The summed E-state index contributed by atoms with van der Waals surface area (Å²) in [5, 5.41) is 6.01. The third-order valence-corrected chi connectivity index (χ3v) is 0.176. The minimum Gasteiger partial charge on any atom is -0.282 e. The number of nitrogens with two attached hydrogens (primary N) is 1. The van der Waals surface area contributed by atoms with E-state index in [9.17, 15) is 0 Å². The summed E-state index contributed by atoms with van der Waals surface area (Å²) in [5.74, 6) is 4.41. The van der Waals surface area contributed by atoms with Crippen molar-refractivity contribution in [1.29, 1.82) is 0 Å². The second-order valence-electron chi connectivity index (χ2n) is 0.485. The van der Waals surface area contributed by atoms with Gasteiger partial charge in [-0.2, -0.15) is 0 Å². The molecule has 0 aliphatic heterocycles. The molecule has 0 saturated heterocycles. The maximum atomic E-state index is 4.41. The average Bonchev–Trinajstić information content (AvgIpc) is 1.61. The molecule has 4 nitrogen and oxygen atoms in total. The number of rotatable bonds is 2. The molecule has 0 amide bonds. The molecule has 0 unspecified atom stereocenters. The second-order valence-corrected chi connectivity index (χ2v) is 0.485. The van der Waals surface area contributed by atoms with Gasteiger partial charge in [-0.3, -0.25) is 4.94 Å². The van der Waals surface area contributed by atoms with Gasteiger partial charge in [-0.05, 0) is 0 Å². The van der Waals surface area contributed by atoms with Crippen LogP contribution >= 0.6 is 0 Å². The topological polar surface area (TPSA) is 60.0 Å². The normalized spacial score (nSPS) is 8.83. The van der Waals surface area contributed by atoms with E-state index in [0.29, 0.717) is 0 Å². The maximum absolute atomic E-state index is 4.41.